The average Bonchev–Trinajstić information content (AvgIpc) is 3.12. The topological polar surface area (TPSA) is 94.0 Å². The number of hydrogen-bond donors (Lipinski definition) is 2. The maximum atomic E-state index is 12.3. The van der Waals surface area contributed by atoms with Gasteiger partial charge in [0, 0.05) is 0 Å². The Hall–Kier alpha value is -2.70. The van der Waals surface area contributed by atoms with E-state index < -0.39 is 6.04 Å². The summed E-state index contributed by atoms with van der Waals surface area (Å²) in [5, 5.41) is 6.81. The van der Waals surface area contributed by atoms with Crippen LogP contribution >= 0.6 is 12.4 Å². The quantitative estimate of drug-likeness (QED) is 0.651. The van der Waals surface area contributed by atoms with Gasteiger partial charge in [-0.3, -0.25) is 4.79 Å². The van der Waals surface area contributed by atoms with E-state index >= 15 is 0 Å². The zero-order valence-corrected chi connectivity index (χ0v) is 15.9. The first kappa shape index (κ1) is 20.6. The molecule has 0 aliphatic rings. The molecule has 3 N–H and O–H groups in total. The molecule has 0 fully saturated rings. The number of nitrogens with zero attached hydrogens (tertiary/aromatic N) is 2. The Morgan fingerprint density at radius 3 is 2.30 bits per heavy atom. The third kappa shape index (κ3) is 5.91. The molecule has 2 atom stereocenters. The van der Waals surface area contributed by atoms with Gasteiger partial charge in [-0.1, -0.05) is 65.8 Å². The summed E-state index contributed by atoms with van der Waals surface area (Å²) in [6.45, 7) is 1.81. The first-order chi connectivity index (χ1) is 12.6. The van der Waals surface area contributed by atoms with Crippen molar-refractivity contribution in [1.82, 2.24) is 15.5 Å². The van der Waals surface area contributed by atoms with Crippen molar-refractivity contribution in [3.63, 3.8) is 0 Å². The van der Waals surface area contributed by atoms with E-state index in [0.29, 0.717) is 24.6 Å². The van der Waals surface area contributed by atoms with Gasteiger partial charge in [0.25, 0.3) is 0 Å². The number of carbonyl (C=O) groups is 1. The van der Waals surface area contributed by atoms with Crippen molar-refractivity contribution in [2.24, 2.45) is 5.73 Å². The van der Waals surface area contributed by atoms with Crippen LogP contribution in [0.5, 0.6) is 0 Å². The van der Waals surface area contributed by atoms with Gasteiger partial charge >= 0.3 is 0 Å². The SMILES string of the molecule is CC(NC(=O)[C@@H](N)Cc1ccccc1)c1noc(Cc2ccccc2)n1.Cl. The summed E-state index contributed by atoms with van der Waals surface area (Å²) in [4.78, 5) is 16.7. The monoisotopic (exact) mass is 386 g/mol. The van der Waals surface area contributed by atoms with E-state index in [-0.39, 0.29) is 24.4 Å². The first-order valence-electron chi connectivity index (χ1n) is 8.58. The lowest BCUT2D eigenvalue weighted by molar-refractivity contribution is -0.123. The molecule has 0 saturated heterocycles. The summed E-state index contributed by atoms with van der Waals surface area (Å²) >= 11 is 0. The van der Waals surface area contributed by atoms with Crippen molar-refractivity contribution in [2.75, 3.05) is 0 Å². The zero-order valence-electron chi connectivity index (χ0n) is 15.0. The molecule has 0 radical (unpaired) electrons. The molecule has 0 aliphatic heterocycles. The molecule has 1 amide bonds. The van der Waals surface area contributed by atoms with E-state index in [0.717, 1.165) is 11.1 Å². The van der Waals surface area contributed by atoms with Crippen LogP contribution in [0.1, 0.15) is 35.8 Å². The van der Waals surface area contributed by atoms with Gasteiger partial charge in [0.2, 0.25) is 11.8 Å². The Balaban J connectivity index is 0.00000261. The van der Waals surface area contributed by atoms with Crippen LogP contribution in [-0.2, 0) is 17.6 Å². The number of aromatic nitrogens is 2. The van der Waals surface area contributed by atoms with Crippen LogP contribution in [0, 0.1) is 0 Å². The zero-order chi connectivity index (χ0) is 18.4. The van der Waals surface area contributed by atoms with Gasteiger partial charge in [0.15, 0.2) is 5.82 Å². The van der Waals surface area contributed by atoms with E-state index in [1.807, 2.05) is 67.6 Å². The first-order valence-corrected chi connectivity index (χ1v) is 8.58. The van der Waals surface area contributed by atoms with E-state index in [1.54, 1.807) is 0 Å². The van der Waals surface area contributed by atoms with Crippen LogP contribution in [0.2, 0.25) is 0 Å². The Kier molecular flexibility index (Phi) is 7.52. The van der Waals surface area contributed by atoms with Crippen LogP contribution in [0.25, 0.3) is 0 Å². The number of nitrogens with one attached hydrogen (secondary N) is 1. The maximum Gasteiger partial charge on any atom is 0.237 e. The summed E-state index contributed by atoms with van der Waals surface area (Å²) in [6, 6.07) is 18.6. The maximum absolute atomic E-state index is 12.3. The van der Waals surface area contributed by atoms with Gasteiger partial charge in [-0.25, -0.2) is 0 Å². The van der Waals surface area contributed by atoms with Crippen LogP contribution in [0.15, 0.2) is 65.2 Å². The minimum atomic E-state index is -0.629. The second-order valence-corrected chi connectivity index (χ2v) is 6.24. The highest BCUT2D eigenvalue weighted by Crippen LogP contribution is 2.12. The molecule has 1 heterocycles. The smallest absolute Gasteiger partial charge is 0.237 e. The Morgan fingerprint density at radius 2 is 1.67 bits per heavy atom. The normalized spacial score (nSPS) is 12.7. The van der Waals surface area contributed by atoms with Crippen molar-refractivity contribution in [3.8, 4) is 0 Å². The van der Waals surface area contributed by atoms with Gasteiger partial charge in [-0.05, 0) is 24.5 Å². The number of nitrogens with two attached hydrogens (primary N) is 1. The molecule has 7 heteroatoms. The third-order valence-corrected chi connectivity index (χ3v) is 4.06. The third-order valence-electron chi connectivity index (χ3n) is 4.06. The molecule has 0 bridgehead atoms. The Labute approximate surface area is 164 Å². The standard InChI is InChI=1S/C20H22N4O2.ClH/c1-14(22-20(25)17(21)12-15-8-4-2-5-9-15)19-23-18(26-24-19)13-16-10-6-3-7-11-16;/h2-11,14,17H,12-13,21H2,1H3,(H,22,25);1H/t14?,17-;/m0./s1. The summed E-state index contributed by atoms with van der Waals surface area (Å²) in [6.07, 6.45) is 1.03. The van der Waals surface area contributed by atoms with Crippen LogP contribution < -0.4 is 11.1 Å². The molecule has 0 spiro atoms. The van der Waals surface area contributed by atoms with Crippen molar-refractivity contribution >= 4 is 18.3 Å². The molecule has 1 aromatic heterocycles. The van der Waals surface area contributed by atoms with E-state index in [2.05, 4.69) is 15.5 Å². The summed E-state index contributed by atoms with van der Waals surface area (Å²) in [5.74, 6) is 0.716. The molecule has 2 aromatic carbocycles. The second kappa shape index (κ2) is 9.85. The van der Waals surface area contributed by atoms with Crippen LogP contribution in [0.3, 0.4) is 0 Å². The van der Waals surface area contributed by atoms with Crippen molar-refractivity contribution in [3.05, 3.63) is 83.5 Å². The lowest BCUT2D eigenvalue weighted by Crippen LogP contribution is -2.43. The average molecular weight is 387 g/mol. The number of rotatable bonds is 7. The van der Waals surface area contributed by atoms with Gasteiger partial charge < -0.3 is 15.6 Å². The molecular weight excluding hydrogens is 364 g/mol. The largest absolute Gasteiger partial charge is 0.345 e. The van der Waals surface area contributed by atoms with Crippen LogP contribution in [0.4, 0.5) is 0 Å². The van der Waals surface area contributed by atoms with Crippen LogP contribution in [-0.4, -0.2) is 22.1 Å². The number of benzene rings is 2. The number of hydrogen-bond acceptors (Lipinski definition) is 5. The van der Waals surface area contributed by atoms with Crippen molar-refractivity contribution < 1.29 is 9.32 Å². The highest BCUT2D eigenvalue weighted by molar-refractivity contribution is 5.85. The summed E-state index contributed by atoms with van der Waals surface area (Å²) < 4.78 is 5.28. The number of carbonyl (C=O) groups excluding carboxylic acids is 1. The highest BCUT2D eigenvalue weighted by atomic mass is 35.5. The van der Waals surface area contributed by atoms with E-state index in [4.69, 9.17) is 10.3 Å². The molecule has 0 saturated carbocycles. The minimum Gasteiger partial charge on any atom is -0.345 e. The van der Waals surface area contributed by atoms with Gasteiger partial charge in [-0.2, -0.15) is 4.98 Å². The Bertz CT molecular complexity index is 839. The number of amides is 1. The lowest BCUT2D eigenvalue weighted by Gasteiger charge is -2.15. The molecule has 6 nitrogen and oxygen atoms in total. The molecule has 142 valence electrons. The Morgan fingerprint density at radius 1 is 1.07 bits per heavy atom. The highest BCUT2D eigenvalue weighted by Gasteiger charge is 2.20. The summed E-state index contributed by atoms with van der Waals surface area (Å²) in [5.41, 5.74) is 8.11. The van der Waals surface area contributed by atoms with E-state index in [1.165, 1.54) is 0 Å². The van der Waals surface area contributed by atoms with Gasteiger partial charge in [-0.15, -0.1) is 12.4 Å². The molecule has 3 rings (SSSR count). The molecular formula is C20H23ClN4O2. The van der Waals surface area contributed by atoms with Gasteiger partial charge in [0.1, 0.15) is 0 Å². The van der Waals surface area contributed by atoms with Crippen molar-refractivity contribution in [2.45, 2.75) is 31.8 Å². The van der Waals surface area contributed by atoms with Gasteiger partial charge in [0.05, 0.1) is 18.5 Å². The van der Waals surface area contributed by atoms with Crippen molar-refractivity contribution in [1.29, 1.82) is 0 Å². The van der Waals surface area contributed by atoms with E-state index in [9.17, 15) is 4.79 Å². The fraction of sp³-hybridized carbons (Fsp3) is 0.250. The number of halogens is 1. The lowest BCUT2D eigenvalue weighted by atomic mass is 10.1. The predicted octanol–water partition coefficient (Wildman–Crippen LogP) is 2.83. The molecule has 3 aromatic rings. The fourth-order valence-electron chi connectivity index (χ4n) is 2.63. The predicted molar refractivity (Wildman–Crippen MR) is 105 cm³/mol. The second-order valence-electron chi connectivity index (χ2n) is 6.24. The molecule has 0 aliphatic carbocycles. The summed E-state index contributed by atoms with van der Waals surface area (Å²) in [7, 11) is 0. The molecule has 27 heavy (non-hydrogen) atoms. The minimum absolute atomic E-state index is 0. The molecule has 1 unspecified atom stereocenters. The fourth-order valence-corrected chi connectivity index (χ4v) is 2.63.